The number of fused-ring (bicyclic) bond motifs is 3. The van der Waals surface area contributed by atoms with Crippen molar-refractivity contribution in [2.45, 2.75) is 32.3 Å². The van der Waals surface area contributed by atoms with Crippen LogP contribution in [0.2, 0.25) is 0 Å². The number of aliphatic hydroxyl groups is 3. The Morgan fingerprint density at radius 1 is 1.03 bits per heavy atom. The van der Waals surface area contributed by atoms with E-state index in [1.54, 1.807) is 44.2 Å². The quantitative estimate of drug-likeness (QED) is 0.321. The van der Waals surface area contributed by atoms with Crippen molar-refractivity contribution in [3.63, 3.8) is 0 Å². The molecule has 0 bridgehead atoms. The summed E-state index contributed by atoms with van der Waals surface area (Å²) < 4.78 is 0. The predicted molar refractivity (Wildman–Crippen MR) is 139 cm³/mol. The van der Waals surface area contributed by atoms with Crippen LogP contribution in [0.15, 0.2) is 53.3 Å². The third-order valence-electron chi connectivity index (χ3n) is 8.31. The van der Waals surface area contributed by atoms with Crippen LogP contribution in [0.25, 0.3) is 16.9 Å². The molecule has 5 rings (SSSR count). The number of rotatable bonds is 4. The Balaban J connectivity index is 1.73. The number of phenols is 1. The lowest BCUT2D eigenvalue weighted by molar-refractivity contribution is -0.155. The Kier molecular flexibility index (Phi) is 5.91. The Hall–Kier alpha value is -4.44. The highest BCUT2D eigenvalue weighted by Gasteiger charge is 2.64. The standard InChI is InChI=1S/C29H28N2O8/c1-11(2)19-17-10-14-9-16-15(12-4-3-5-13(8-12)27(30)37)6-7-18(32)21(16)24(34)20(14)25(35)29(17,39)26(36)22(23(19)33)28(31)38/h3-8,11,14,17,19,32,34,36,39H,9-10H2,1-2H3,(H2,30,37)(H2,31,38)/t14-,17-,19-,29-/m0/s1. The van der Waals surface area contributed by atoms with Crippen LogP contribution in [0.1, 0.15) is 41.8 Å². The number of nitrogens with two attached hydrogens (primary N) is 2. The summed E-state index contributed by atoms with van der Waals surface area (Å²) >= 11 is 0. The first-order valence-electron chi connectivity index (χ1n) is 12.5. The molecule has 4 atom stereocenters. The van der Waals surface area contributed by atoms with Gasteiger partial charge < -0.3 is 31.9 Å². The zero-order valence-corrected chi connectivity index (χ0v) is 21.3. The molecule has 0 radical (unpaired) electrons. The summed E-state index contributed by atoms with van der Waals surface area (Å²) in [5.41, 5.74) is 9.02. The molecular weight excluding hydrogens is 504 g/mol. The van der Waals surface area contributed by atoms with Crippen LogP contribution in [0.3, 0.4) is 0 Å². The van der Waals surface area contributed by atoms with Gasteiger partial charge in [0.25, 0.3) is 5.91 Å². The van der Waals surface area contributed by atoms with Crippen molar-refractivity contribution in [2.24, 2.45) is 35.1 Å². The number of aliphatic hydroxyl groups excluding tert-OH is 2. The van der Waals surface area contributed by atoms with Gasteiger partial charge in [0, 0.05) is 23.0 Å². The fraction of sp³-hybridized carbons (Fsp3) is 0.310. The zero-order chi connectivity index (χ0) is 28.5. The zero-order valence-electron chi connectivity index (χ0n) is 21.3. The minimum absolute atomic E-state index is 0.0161. The molecule has 0 spiro atoms. The fourth-order valence-corrected chi connectivity index (χ4v) is 6.60. The third-order valence-corrected chi connectivity index (χ3v) is 8.31. The van der Waals surface area contributed by atoms with Crippen molar-refractivity contribution in [3.05, 3.63) is 70.0 Å². The van der Waals surface area contributed by atoms with E-state index in [1.807, 2.05) is 0 Å². The van der Waals surface area contributed by atoms with Crippen molar-refractivity contribution in [1.29, 1.82) is 0 Å². The molecule has 0 unspecified atom stereocenters. The van der Waals surface area contributed by atoms with Crippen LogP contribution >= 0.6 is 0 Å². The van der Waals surface area contributed by atoms with Gasteiger partial charge in [-0.1, -0.05) is 32.0 Å². The van der Waals surface area contributed by atoms with E-state index in [0.717, 1.165) is 0 Å². The smallest absolute Gasteiger partial charge is 0.255 e. The number of carbonyl (C=O) groups excluding carboxylic acids is 4. The molecule has 3 aliphatic carbocycles. The summed E-state index contributed by atoms with van der Waals surface area (Å²) in [4.78, 5) is 51.0. The number of amides is 2. The van der Waals surface area contributed by atoms with Crippen LogP contribution in [-0.4, -0.2) is 49.4 Å². The van der Waals surface area contributed by atoms with Gasteiger partial charge in [-0.3, -0.25) is 19.2 Å². The van der Waals surface area contributed by atoms with Crippen molar-refractivity contribution in [3.8, 4) is 16.9 Å². The Bertz CT molecular complexity index is 1550. The van der Waals surface area contributed by atoms with Crippen molar-refractivity contribution < 1.29 is 39.6 Å². The lowest BCUT2D eigenvalue weighted by Gasteiger charge is -2.50. The minimum atomic E-state index is -2.66. The number of phenolic OH excluding ortho intramolecular Hbond substituents is 1. The van der Waals surface area contributed by atoms with Crippen molar-refractivity contribution in [2.75, 3.05) is 0 Å². The molecule has 0 heterocycles. The Labute approximate surface area is 223 Å². The van der Waals surface area contributed by atoms with E-state index in [2.05, 4.69) is 0 Å². The maximum absolute atomic E-state index is 13.9. The minimum Gasteiger partial charge on any atom is -0.508 e. The first-order chi connectivity index (χ1) is 18.3. The van der Waals surface area contributed by atoms with Crippen LogP contribution < -0.4 is 11.5 Å². The topological polar surface area (TPSA) is 201 Å². The van der Waals surface area contributed by atoms with Crippen LogP contribution in [0.5, 0.6) is 5.75 Å². The van der Waals surface area contributed by atoms with E-state index in [0.29, 0.717) is 16.7 Å². The second-order valence-corrected chi connectivity index (χ2v) is 10.8. The average Bonchev–Trinajstić information content (AvgIpc) is 2.86. The Morgan fingerprint density at radius 2 is 1.72 bits per heavy atom. The van der Waals surface area contributed by atoms with Gasteiger partial charge >= 0.3 is 0 Å². The molecule has 8 N–H and O–H groups in total. The van der Waals surface area contributed by atoms with Crippen molar-refractivity contribution >= 4 is 29.1 Å². The average molecular weight is 533 g/mol. The van der Waals surface area contributed by atoms with Gasteiger partial charge in [-0.05, 0) is 59.6 Å². The fourth-order valence-electron chi connectivity index (χ4n) is 6.60. The normalized spacial score (nSPS) is 26.3. The van der Waals surface area contributed by atoms with E-state index in [1.165, 1.54) is 6.07 Å². The van der Waals surface area contributed by atoms with Gasteiger partial charge in [-0.2, -0.15) is 0 Å². The second kappa shape index (κ2) is 8.81. The number of benzene rings is 2. The molecule has 202 valence electrons. The number of primary amides is 2. The molecule has 3 aliphatic rings. The van der Waals surface area contributed by atoms with Gasteiger partial charge in [0.05, 0.1) is 5.56 Å². The highest BCUT2D eigenvalue weighted by molar-refractivity contribution is 6.23. The molecule has 0 saturated heterocycles. The van der Waals surface area contributed by atoms with Gasteiger partial charge in [0.2, 0.25) is 11.7 Å². The first-order valence-corrected chi connectivity index (χ1v) is 12.5. The summed E-state index contributed by atoms with van der Waals surface area (Å²) in [6.07, 6.45) is 0.159. The number of carbonyl (C=O) groups is 4. The van der Waals surface area contributed by atoms with Gasteiger partial charge in [0.15, 0.2) is 11.4 Å². The van der Waals surface area contributed by atoms with E-state index >= 15 is 0 Å². The maximum atomic E-state index is 13.9. The number of hydrogen-bond acceptors (Lipinski definition) is 8. The Morgan fingerprint density at radius 3 is 2.33 bits per heavy atom. The van der Waals surface area contributed by atoms with Gasteiger partial charge in [-0.25, -0.2) is 0 Å². The van der Waals surface area contributed by atoms with Crippen LogP contribution in [0, 0.1) is 23.7 Å². The van der Waals surface area contributed by atoms with E-state index in [4.69, 9.17) is 11.5 Å². The van der Waals surface area contributed by atoms with E-state index < -0.39 is 69.7 Å². The number of ketones is 2. The molecule has 10 nitrogen and oxygen atoms in total. The predicted octanol–water partition coefficient (Wildman–Crippen LogP) is 2.07. The monoisotopic (exact) mass is 532 g/mol. The number of aromatic hydroxyl groups is 1. The second-order valence-electron chi connectivity index (χ2n) is 10.8. The van der Waals surface area contributed by atoms with Gasteiger partial charge in [0.1, 0.15) is 22.8 Å². The first kappa shape index (κ1) is 26.2. The summed E-state index contributed by atoms with van der Waals surface area (Å²) in [5.74, 6) is -8.90. The SMILES string of the molecule is CC(C)[C@@H]1C(=O)C(C(N)=O)=C(O)[C@@]2(O)C(=O)C3=C(O)c4c(O)ccc(-c5cccc(C(N)=O)c5)c4C[C@H]3C[C@@H]12. The van der Waals surface area contributed by atoms with Crippen molar-refractivity contribution in [1.82, 2.24) is 0 Å². The number of Topliss-reactive ketones (excluding diaryl/α,β-unsaturated/α-hetero) is 2. The summed E-state index contributed by atoms with van der Waals surface area (Å²) in [7, 11) is 0. The lowest BCUT2D eigenvalue weighted by Crippen LogP contribution is -2.62. The molecule has 2 amide bonds. The molecular formula is C29H28N2O8. The highest BCUT2D eigenvalue weighted by atomic mass is 16.3. The molecule has 10 heteroatoms. The summed E-state index contributed by atoms with van der Waals surface area (Å²) in [6, 6.07) is 9.49. The van der Waals surface area contributed by atoms with E-state index in [-0.39, 0.29) is 35.3 Å². The highest BCUT2D eigenvalue weighted by Crippen LogP contribution is 2.55. The summed E-state index contributed by atoms with van der Waals surface area (Å²) in [6.45, 7) is 3.41. The molecule has 1 saturated carbocycles. The van der Waals surface area contributed by atoms with Crippen LogP contribution in [0.4, 0.5) is 0 Å². The van der Waals surface area contributed by atoms with Gasteiger partial charge in [-0.15, -0.1) is 0 Å². The lowest BCUT2D eigenvalue weighted by atomic mass is 9.54. The van der Waals surface area contributed by atoms with E-state index in [9.17, 15) is 39.6 Å². The molecule has 1 fully saturated rings. The van der Waals surface area contributed by atoms with Crippen LogP contribution in [-0.2, 0) is 20.8 Å². The maximum Gasteiger partial charge on any atom is 0.255 e. The molecule has 39 heavy (non-hydrogen) atoms. The third kappa shape index (κ3) is 3.59. The molecule has 0 aromatic heterocycles. The molecule has 2 aromatic rings. The largest absolute Gasteiger partial charge is 0.508 e. The molecule has 2 aromatic carbocycles. The number of hydrogen-bond donors (Lipinski definition) is 6. The molecule has 0 aliphatic heterocycles. The summed E-state index contributed by atoms with van der Waals surface area (Å²) in [5, 5.41) is 44.7.